The lowest BCUT2D eigenvalue weighted by Crippen LogP contribution is -2.36. The molecule has 0 radical (unpaired) electrons. The molecule has 0 bridgehead atoms. The molecule has 2 rings (SSSR count). The fourth-order valence-electron chi connectivity index (χ4n) is 3.28. The molecule has 3 atom stereocenters. The average Bonchev–Trinajstić information content (AvgIpc) is 2.37. The van der Waals surface area contributed by atoms with Gasteiger partial charge in [-0.05, 0) is 42.7 Å². The van der Waals surface area contributed by atoms with Crippen LogP contribution >= 0.6 is 11.6 Å². The van der Waals surface area contributed by atoms with Gasteiger partial charge in [-0.1, -0.05) is 44.9 Å². The van der Waals surface area contributed by atoms with Gasteiger partial charge in [0.25, 0.3) is 0 Å². The molecule has 1 aliphatic rings. The predicted octanol–water partition coefficient (Wildman–Crippen LogP) is 4.46. The highest BCUT2D eigenvalue weighted by Gasteiger charge is 2.32. The van der Waals surface area contributed by atoms with E-state index in [1.165, 1.54) is 12.8 Å². The third-order valence-corrected chi connectivity index (χ3v) is 4.80. The lowest BCUT2D eigenvalue weighted by molar-refractivity contribution is 0.0459. The number of benzene rings is 1. The van der Waals surface area contributed by atoms with Gasteiger partial charge >= 0.3 is 0 Å². The van der Waals surface area contributed by atoms with Crippen molar-refractivity contribution in [2.45, 2.75) is 46.1 Å². The Hall–Kier alpha value is -1.22. The van der Waals surface area contributed by atoms with Crippen LogP contribution in [0.1, 0.15) is 45.6 Å². The monoisotopic (exact) mass is 308 g/mol. The summed E-state index contributed by atoms with van der Waals surface area (Å²) in [6.45, 7) is 6.78. The normalized spacial score (nSPS) is 25.9. The number of hydrogen-bond donors (Lipinski definition) is 2. The first-order valence-electron chi connectivity index (χ1n) is 7.69. The van der Waals surface area contributed by atoms with Gasteiger partial charge in [0.15, 0.2) is 0 Å². The first-order valence-corrected chi connectivity index (χ1v) is 8.07. The smallest absolute Gasteiger partial charge is 0.132 e. The fourth-order valence-corrected chi connectivity index (χ4v) is 3.54. The lowest BCUT2D eigenvalue weighted by Gasteiger charge is -2.37. The van der Waals surface area contributed by atoms with E-state index in [-0.39, 0.29) is 11.9 Å². The van der Waals surface area contributed by atoms with E-state index in [1.807, 2.05) is 12.1 Å². The summed E-state index contributed by atoms with van der Waals surface area (Å²) in [4.78, 5) is 0. The summed E-state index contributed by atoms with van der Waals surface area (Å²) >= 11 is 6.17. The number of amidine groups is 1. The van der Waals surface area contributed by atoms with Crippen molar-refractivity contribution in [3.63, 3.8) is 0 Å². The van der Waals surface area contributed by atoms with Crippen molar-refractivity contribution < 1.29 is 4.74 Å². The van der Waals surface area contributed by atoms with Crippen molar-refractivity contribution in [2.24, 2.45) is 23.5 Å². The Kier molecular flexibility index (Phi) is 5.15. The molecule has 0 aliphatic heterocycles. The molecular formula is C17H25ClN2O. The quantitative estimate of drug-likeness (QED) is 0.637. The summed E-state index contributed by atoms with van der Waals surface area (Å²) in [5.74, 6) is 2.40. The minimum atomic E-state index is -0.0412. The van der Waals surface area contributed by atoms with Gasteiger partial charge in [0.2, 0.25) is 0 Å². The van der Waals surface area contributed by atoms with Crippen LogP contribution in [0.5, 0.6) is 5.75 Å². The molecule has 1 fully saturated rings. The Balaban J connectivity index is 2.27. The molecule has 1 saturated carbocycles. The average molecular weight is 309 g/mol. The molecule has 0 heterocycles. The number of rotatable bonds is 4. The van der Waals surface area contributed by atoms with Gasteiger partial charge in [-0.25, -0.2) is 0 Å². The largest absolute Gasteiger partial charge is 0.489 e. The van der Waals surface area contributed by atoms with Crippen LogP contribution in [0.4, 0.5) is 0 Å². The minimum Gasteiger partial charge on any atom is -0.489 e. The first kappa shape index (κ1) is 16.2. The van der Waals surface area contributed by atoms with Gasteiger partial charge in [-0.15, -0.1) is 0 Å². The predicted molar refractivity (Wildman–Crippen MR) is 88.2 cm³/mol. The zero-order valence-corrected chi connectivity index (χ0v) is 13.8. The van der Waals surface area contributed by atoms with Crippen LogP contribution in [0.2, 0.25) is 5.02 Å². The van der Waals surface area contributed by atoms with E-state index in [4.69, 9.17) is 27.5 Å². The fraction of sp³-hybridized carbons (Fsp3) is 0.588. The Morgan fingerprint density at radius 2 is 2.10 bits per heavy atom. The molecule has 4 heteroatoms. The molecule has 116 valence electrons. The van der Waals surface area contributed by atoms with Crippen LogP contribution in [0, 0.1) is 23.2 Å². The Labute approximate surface area is 132 Å². The maximum absolute atomic E-state index is 7.72. The van der Waals surface area contributed by atoms with E-state index in [1.54, 1.807) is 6.07 Å². The van der Waals surface area contributed by atoms with E-state index in [0.717, 1.165) is 6.42 Å². The van der Waals surface area contributed by atoms with Gasteiger partial charge in [-0.2, -0.15) is 0 Å². The van der Waals surface area contributed by atoms with E-state index in [9.17, 15) is 0 Å². The second-order valence-corrected chi connectivity index (χ2v) is 6.92. The second-order valence-electron chi connectivity index (χ2n) is 6.51. The number of nitrogen functional groups attached to an aromatic ring is 1. The van der Waals surface area contributed by atoms with Crippen molar-refractivity contribution >= 4 is 17.4 Å². The number of nitrogens with one attached hydrogen (secondary N) is 1. The van der Waals surface area contributed by atoms with Gasteiger partial charge in [-0.3, -0.25) is 5.41 Å². The highest BCUT2D eigenvalue weighted by Crippen LogP contribution is 2.37. The van der Waals surface area contributed by atoms with Crippen LogP contribution < -0.4 is 10.5 Å². The summed E-state index contributed by atoms with van der Waals surface area (Å²) in [5, 5.41) is 8.20. The van der Waals surface area contributed by atoms with E-state index in [0.29, 0.717) is 34.1 Å². The summed E-state index contributed by atoms with van der Waals surface area (Å²) < 4.78 is 6.27. The standard InChI is InChI=1S/C17H25ClN2O/c1-10(2)12-8-7-11(3)9-15(12)21-14-6-4-5-13(18)16(14)17(19)20/h4-6,10-12,15H,7-9H2,1-3H3,(H3,19,20). The van der Waals surface area contributed by atoms with E-state index >= 15 is 0 Å². The summed E-state index contributed by atoms with van der Waals surface area (Å²) in [5.41, 5.74) is 6.17. The zero-order chi connectivity index (χ0) is 15.6. The number of hydrogen-bond acceptors (Lipinski definition) is 2. The third-order valence-electron chi connectivity index (χ3n) is 4.48. The van der Waals surface area contributed by atoms with Crippen molar-refractivity contribution in [3.05, 3.63) is 28.8 Å². The maximum Gasteiger partial charge on any atom is 0.132 e. The molecule has 0 spiro atoms. The maximum atomic E-state index is 7.72. The van der Waals surface area contributed by atoms with Crippen LogP contribution in [0.3, 0.4) is 0 Å². The van der Waals surface area contributed by atoms with Gasteiger partial charge in [0, 0.05) is 0 Å². The molecule has 21 heavy (non-hydrogen) atoms. The molecule has 1 aromatic rings. The van der Waals surface area contributed by atoms with Gasteiger partial charge in [0.05, 0.1) is 10.6 Å². The van der Waals surface area contributed by atoms with Gasteiger partial charge < -0.3 is 10.5 Å². The molecule has 3 N–H and O–H groups in total. The number of ether oxygens (including phenoxy) is 1. The molecule has 3 unspecified atom stereocenters. The Morgan fingerprint density at radius 1 is 1.38 bits per heavy atom. The summed E-state index contributed by atoms with van der Waals surface area (Å²) in [6, 6.07) is 5.45. The highest BCUT2D eigenvalue weighted by molar-refractivity contribution is 6.34. The Bertz CT molecular complexity index is 516. The van der Waals surface area contributed by atoms with Crippen molar-refractivity contribution in [3.8, 4) is 5.75 Å². The molecule has 1 aromatic carbocycles. The minimum absolute atomic E-state index is 0.0412. The third kappa shape index (κ3) is 3.70. The molecule has 3 nitrogen and oxygen atoms in total. The summed E-state index contributed by atoms with van der Waals surface area (Å²) in [6.07, 6.45) is 3.68. The topological polar surface area (TPSA) is 59.1 Å². The highest BCUT2D eigenvalue weighted by atomic mass is 35.5. The number of halogens is 1. The number of nitrogens with two attached hydrogens (primary N) is 1. The molecule has 0 saturated heterocycles. The van der Waals surface area contributed by atoms with Crippen LogP contribution in [0.25, 0.3) is 0 Å². The second kappa shape index (κ2) is 6.69. The zero-order valence-electron chi connectivity index (χ0n) is 13.0. The van der Waals surface area contributed by atoms with Crippen LogP contribution in [0.15, 0.2) is 18.2 Å². The van der Waals surface area contributed by atoms with Crippen molar-refractivity contribution in [1.29, 1.82) is 5.41 Å². The van der Waals surface area contributed by atoms with Crippen molar-refractivity contribution in [1.82, 2.24) is 0 Å². The van der Waals surface area contributed by atoms with Gasteiger partial charge in [0.1, 0.15) is 17.7 Å². The van der Waals surface area contributed by atoms with E-state index < -0.39 is 0 Å². The first-order chi connectivity index (χ1) is 9.90. The van der Waals surface area contributed by atoms with Crippen molar-refractivity contribution in [2.75, 3.05) is 0 Å². The van der Waals surface area contributed by atoms with Crippen LogP contribution in [-0.2, 0) is 0 Å². The molecule has 0 aromatic heterocycles. The SMILES string of the molecule is CC1CCC(C(C)C)C(Oc2cccc(Cl)c2C(=N)N)C1. The van der Waals surface area contributed by atoms with E-state index in [2.05, 4.69) is 20.8 Å². The van der Waals surface area contributed by atoms with Crippen LogP contribution in [-0.4, -0.2) is 11.9 Å². The molecule has 0 amide bonds. The molecular weight excluding hydrogens is 284 g/mol. The lowest BCUT2D eigenvalue weighted by atomic mass is 9.75. The molecule has 1 aliphatic carbocycles. The Morgan fingerprint density at radius 3 is 2.71 bits per heavy atom. The summed E-state index contributed by atoms with van der Waals surface area (Å²) in [7, 11) is 0.